The highest BCUT2D eigenvalue weighted by molar-refractivity contribution is 7.89. The molecule has 2 aromatic rings. The second-order valence-electron chi connectivity index (χ2n) is 3.91. The van der Waals surface area contributed by atoms with Gasteiger partial charge in [0.15, 0.2) is 0 Å². The standard InChI is InChI=1S/C11H11Cl2N3O2S/c1-16(19(17,18)9-5-14-15-6-9)7-8-3-2-4-10(12)11(8)13/h2-6H,7H2,1H3,(H,14,15). The van der Waals surface area contributed by atoms with Gasteiger partial charge in [0.25, 0.3) is 0 Å². The molecule has 0 aliphatic carbocycles. The first kappa shape index (κ1) is 14.3. The number of nitrogens with one attached hydrogen (secondary N) is 1. The van der Waals surface area contributed by atoms with E-state index in [4.69, 9.17) is 23.2 Å². The Bertz CT molecular complexity index is 671. The van der Waals surface area contributed by atoms with Gasteiger partial charge in [-0.2, -0.15) is 9.40 Å². The minimum absolute atomic E-state index is 0.105. The van der Waals surface area contributed by atoms with Crippen LogP contribution >= 0.6 is 23.2 Å². The highest BCUT2D eigenvalue weighted by atomic mass is 35.5. The molecular weight excluding hydrogens is 309 g/mol. The van der Waals surface area contributed by atoms with Crippen LogP contribution in [0, 0.1) is 0 Å². The molecule has 0 spiro atoms. The number of aromatic amines is 1. The van der Waals surface area contributed by atoms with Crippen LogP contribution in [0.15, 0.2) is 35.5 Å². The summed E-state index contributed by atoms with van der Waals surface area (Å²) in [5.74, 6) is 0. The predicted molar refractivity (Wildman–Crippen MR) is 73.7 cm³/mol. The number of rotatable bonds is 4. The smallest absolute Gasteiger partial charge is 0.246 e. The maximum atomic E-state index is 12.2. The van der Waals surface area contributed by atoms with Crippen LogP contribution in [0.25, 0.3) is 0 Å². The molecule has 0 atom stereocenters. The van der Waals surface area contributed by atoms with E-state index in [2.05, 4.69) is 10.2 Å². The molecule has 1 aromatic carbocycles. The van der Waals surface area contributed by atoms with Gasteiger partial charge in [-0.15, -0.1) is 0 Å². The second-order valence-corrected chi connectivity index (χ2v) is 6.74. The maximum absolute atomic E-state index is 12.2. The van der Waals surface area contributed by atoms with Crippen LogP contribution in [0.4, 0.5) is 0 Å². The van der Waals surface area contributed by atoms with E-state index < -0.39 is 10.0 Å². The molecule has 0 fully saturated rings. The lowest BCUT2D eigenvalue weighted by atomic mass is 10.2. The molecule has 0 unspecified atom stereocenters. The van der Waals surface area contributed by atoms with Gasteiger partial charge in [-0.1, -0.05) is 35.3 Å². The normalized spacial score (nSPS) is 12.0. The predicted octanol–water partition coefficient (Wildman–Crippen LogP) is 2.54. The van der Waals surface area contributed by atoms with Crippen LogP contribution < -0.4 is 0 Å². The molecule has 0 bridgehead atoms. The van der Waals surface area contributed by atoms with Crippen molar-refractivity contribution in [1.29, 1.82) is 0 Å². The zero-order valence-corrected chi connectivity index (χ0v) is 12.3. The summed E-state index contributed by atoms with van der Waals surface area (Å²) >= 11 is 11.9. The van der Waals surface area contributed by atoms with Crippen molar-refractivity contribution in [2.75, 3.05) is 7.05 Å². The third-order valence-corrected chi connectivity index (χ3v) is 5.23. The van der Waals surface area contributed by atoms with Crippen molar-refractivity contribution < 1.29 is 8.42 Å². The number of hydrogen-bond acceptors (Lipinski definition) is 3. The number of benzene rings is 1. The molecule has 1 aromatic heterocycles. The fourth-order valence-electron chi connectivity index (χ4n) is 1.56. The largest absolute Gasteiger partial charge is 0.284 e. The van der Waals surface area contributed by atoms with E-state index in [0.29, 0.717) is 15.6 Å². The highest BCUT2D eigenvalue weighted by Crippen LogP contribution is 2.27. The van der Waals surface area contributed by atoms with Crippen LogP contribution in [0.2, 0.25) is 10.0 Å². The third kappa shape index (κ3) is 2.92. The van der Waals surface area contributed by atoms with E-state index in [-0.39, 0.29) is 11.4 Å². The molecule has 19 heavy (non-hydrogen) atoms. The Labute approximate surface area is 121 Å². The number of aromatic nitrogens is 2. The van der Waals surface area contributed by atoms with Crippen LogP contribution in [0.1, 0.15) is 5.56 Å². The van der Waals surface area contributed by atoms with Gasteiger partial charge in [-0.05, 0) is 11.6 Å². The Hall–Kier alpha value is -1.08. The molecule has 8 heteroatoms. The lowest BCUT2D eigenvalue weighted by Gasteiger charge is -2.17. The highest BCUT2D eigenvalue weighted by Gasteiger charge is 2.22. The number of sulfonamides is 1. The van der Waals surface area contributed by atoms with Gasteiger partial charge in [0, 0.05) is 19.8 Å². The fraction of sp³-hybridized carbons (Fsp3) is 0.182. The minimum atomic E-state index is -3.59. The Morgan fingerprint density at radius 3 is 2.74 bits per heavy atom. The number of hydrogen-bond donors (Lipinski definition) is 1. The van der Waals surface area contributed by atoms with E-state index in [1.54, 1.807) is 18.2 Å². The van der Waals surface area contributed by atoms with Gasteiger partial charge in [0.2, 0.25) is 10.0 Å². The topological polar surface area (TPSA) is 66.1 Å². The zero-order chi connectivity index (χ0) is 14.0. The molecule has 102 valence electrons. The van der Waals surface area contributed by atoms with Crippen LogP contribution in [-0.2, 0) is 16.6 Å². The Morgan fingerprint density at radius 1 is 1.37 bits per heavy atom. The van der Waals surface area contributed by atoms with Gasteiger partial charge in [-0.3, -0.25) is 5.10 Å². The van der Waals surface area contributed by atoms with Crippen molar-refractivity contribution in [3.05, 3.63) is 46.2 Å². The van der Waals surface area contributed by atoms with E-state index in [9.17, 15) is 8.42 Å². The Balaban J connectivity index is 2.27. The molecular formula is C11H11Cl2N3O2S. The van der Waals surface area contributed by atoms with Gasteiger partial charge in [-0.25, -0.2) is 8.42 Å². The van der Waals surface area contributed by atoms with Gasteiger partial charge >= 0.3 is 0 Å². The van der Waals surface area contributed by atoms with Crippen LogP contribution in [0.5, 0.6) is 0 Å². The van der Waals surface area contributed by atoms with Crippen molar-refractivity contribution in [2.45, 2.75) is 11.4 Å². The van der Waals surface area contributed by atoms with Crippen molar-refractivity contribution in [3.63, 3.8) is 0 Å². The summed E-state index contributed by atoms with van der Waals surface area (Å²) < 4.78 is 25.6. The number of nitrogens with zero attached hydrogens (tertiary/aromatic N) is 2. The summed E-state index contributed by atoms with van der Waals surface area (Å²) in [6.07, 6.45) is 2.58. The van der Waals surface area contributed by atoms with Gasteiger partial charge in [0.05, 0.1) is 16.2 Å². The average molecular weight is 320 g/mol. The Morgan fingerprint density at radius 2 is 2.11 bits per heavy atom. The van der Waals surface area contributed by atoms with E-state index in [1.165, 1.54) is 23.7 Å². The van der Waals surface area contributed by atoms with E-state index in [0.717, 1.165) is 0 Å². The summed E-state index contributed by atoms with van der Waals surface area (Å²) in [4.78, 5) is 0.105. The molecule has 0 saturated heterocycles. The first-order chi connectivity index (χ1) is 8.93. The van der Waals surface area contributed by atoms with Crippen LogP contribution in [-0.4, -0.2) is 30.0 Å². The second kappa shape index (κ2) is 5.50. The number of H-pyrrole nitrogens is 1. The number of halogens is 2. The third-order valence-electron chi connectivity index (χ3n) is 2.61. The van der Waals surface area contributed by atoms with Crippen molar-refractivity contribution in [2.24, 2.45) is 0 Å². The van der Waals surface area contributed by atoms with Crippen molar-refractivity contribution in [1.82, 2.24) is 14.5 Å². The monoisotopic (exact) mass is 319 g/mol. The van der Waals surface area contributed by atoms with Crippen LogP contribution in [0.3, 0.4) is 0 Å². The van der Waals surface area contributed by atoms with Crippen molar-refractivity contribution >= 4 is 33.2 Å². The zero-order valence-electron chi connectivity index (χ0n) is 9.97. The minimum Gasteiger partial charge on any atom is -0.284 e. The first-order valence-corrected chi connectivity index (χ1v) is 7.50. The summed E-state index contributed by atoms with van der Waals surface area (Å²) in [6.45, 7) is 0.132. The average Bonchev–Trinajstić information content (AvgIpc) is 2.89. The molecule has 5 nitrogen and oxygen atoms in total. The van der Waals surface area contributed by atoms with Crippen molar-refractivity contribution in [3.8, 4) is 0 Å². The summed E-state index contributed by atoms with van der Waals surface area (Å²) in [7, 11) is -2.11. The lowest BCUT2D eigenvalue weighted by Crippen LogP contribution is -2.26. The SMILES string of the molecule is CN(Cc1cccc(Cl)c1Cl)S(=O)(=O)c1cn[nH]c1. The molecule has 0 aliphatic rings. The van der Waals surface area contributed by atoms with Gasteiger partial charge < -0.3 is 0 Å². The fourth-order valence-corrected chi connectivity index (χ4v) is 2.99. The summed E-state index contributed by atoms with van der Waals surface area (Å²) in [5, 5.41) is 6.86. The first-order valence-electron chi connectivity index (χ1n) is 5.31. The van der Waals surface area contributed by atoms with E-state index >= 15 is 0 Å². The molecule has 0 aliphatic heterocycles. The molecule has 2 rings (SSSR count). The molecule has 0 amide bonds. The molecule has 1 N–H and O–H groups in total. The summed E-state index contributed by atoms with van der Waals surface area (Å²) in [5.41, 5.74) is 0.642. The quantitative estimate of drug-likeness (QED) is 0.941. The molecule has 0 radical (unpaired) electrons. The van der Waals surface area contributed by atoms with E-state index in [1.807, 2.05) is 0 Å². The van der Waals surface area contributed by atoms with Gasteiger partial charge in [0.1, 0.15) is 4.90 Å². The Kier molecular flexibility index (Phi) is 4.15. The maximum Gasteiger partial charge on any atom is 0.246 e. The molecule has 1 heterocycles. The summed E-state index contributed by atoms with van der Waals surface area (Å²) in [6, 6.07) is 5.11. The lowest BCUT2D eigenvalue weighted by molar-refractivity contribution is 0.467. The molecule has 0 saturated carbocycles.